The fraction of sp³-hybridized carbons (Fsp3) is 0.533. The SMILES string of the molecule is CC.CC(=O)c1ccccc1S.CCCCN(CCCCCC(=O)O)CC1CCc2ccccc2O1. The second-order valence-corrected chi connectivity index (χ2v) is 9.30. The van der Waals surface area contributed by atoms with E-state index in [4.69, 9.17) is 9.84 Å². The van der Waals surface area contributed by atoms with Crippen molar-refractivity contribution in [3.05, 3.63) is 59.7 Å². The highest BCUT2D eigenvalue weighted by Gasteiger charge is 2.21. The third-order valence-electron chi connectivity index (χ3n) is 5.94. The van der Waals surface area contributed by atoms with E-state index < -0.39 is 5.97 Å². The number of aliphatic carboxylic acids is 1. The Labute approximate surface area is 223 Å². The lowest BCUT2D eigenvalue weighted by Crippen LogP contribution is -2.38. The summed E-state index contributed by atoms with van der Waals surface area (Å²) in [6.07, 6.45) is 7.99. The first-order valence-electron chi connectivity index (χ1n) is 13.4. The van der Waals surface area contributed by atoms with Gasteiger partial charge in [-0.25, -0.2) is 0 Å². The van der Waals surface area contributed by atoms with E-state index in [2.05, 4.69) is 42.7 Å². The molecule has 1 aliphatic heterocycles. The Morgan fingerprint density at radius 3 is 2.31 bits per heavy atom. The molecule has 5 nitrogen and oxygen atoms in total. The molecule has 1 N–H and O–H groups in total. The van der Waals surface area contributed by atoms with Crippen LogP contribution in [0.25, 0.3) is 0 Å². The molecule has 0 fully saturated rings. The lowest BCUT2D eigenvalue weighted by atomic mass is 10.0. The van der Waals surface area contributed by atoms with Gasteiger partial charge in [0.1, 0.15) is 11.9 Å². The van der Waals surface area contributed by atoms with Crippen molar-refractivity contribution in [3.8, 4) is 5.75 Å². The second kappa shape index (κ2) is 18.9. The van der Waals surface area contributed by atoms with Gasteiger partial charge >= 0.3 is 5.97 Å². The number of fused-ring (bicyclic) bond motifs is 1. The molecule has 1 atom stereocenters. The maximum Gasteiger partial charge on any atom is 0.303 e. The number of carboxylic acids is 1. The van der Waals surface area contributed by atoms with Crippen molar-refractivity contribution in [3.63, 3.8) is 0 Å². The Morgan fingerprint density at radius 1 is 1.00 bits per heavy atom. The topological polar surface area (TPSA) is 66.8 Å². The summed E-state index contributed by atoms with van der Waals surface area (Å²) < 4.78 is 6.18. The molecule has 2 aromatic rings. The molecule has 6 heteroatoms. The maximum absolute atomic E-state index is 10.8. The van der Waals surface area contributed by atoms with Gasteiger partial charge in [0, 0.05) is 23.4 Å². The minimum Gasteiger partial charge on any atom is -0.489 e. The van der Waals surface area contributed by atoms with Gasteiger partial charge < -0.3 is 9.84 Å². The monoisotopic (exact) mass is 515 g/mol. The summed E-state index contributed by atoms with van der Waals surface area (Å²) >= 11 is 4.12. The molecule has 0 spiro atoms. The van der Waals surface area contributed by atoms with Crippen LogP contribution in [0.3, 0.4) is 0 Å². The fourth-order valence-corrected chi connectivity index (χ4v) is 4.35. The number of Topliss-reactive ketones (excluding diaryl/α,β-unsaturated/α-hetero) is 1. The van der Waals surface area contributed by atoms with Gasteiger partial charge in [0.2, 0.25) is 0 Å². The number of carboxylic acid groups (broad SMARTS) is 1. The predicted molar refractivity (Wildman–Crippen MR) is 152 cm³/mol. The van der Waals surface area contributed by atoms with Crippen molar-refractivity contribution in [1.82, 2.24) is 4.90 Å². The number of rotatable bonds is 12. The van der Waals surface area contributed by atoms with Gasteiger partial charge in [-0.3, -0.25) is 14.5 Å². The van der Waals surface area contributed by atoms with Gasteiger partial charge in [-0.15, -0.1) is 12.6 Å². The van der Waals surface area contributed by atoms with Crippen molar-refractivity contribution in [2.24, 2.45) is 0 Å². The maximum atomic E-state index is 10.8. The minimum absolute atomic E-state index is 0.0607. The first-order chi connectivity index (χ1) is 17.4. The second-order valence-electron chi connectivity index (χ2n) is 8.82. The van der Waals surface area contributed by atoms with Gasteiger partial charge in [-0.1, -0.05) is 70.0 Å². The Hall–Kier alpha value is -2.31. The molecular weight excluding hydrogens is 470 g/mol. The van der Waals surface area contributed by atoms with Gasteiger partial charge in [0.05, 0.1) is 0 Å². The van der Waals surface area contributed by atoms with Crippen LogP contribution in [-0.4, -0.2) is 47.5 Å². The van der Waals surface area contributed by atoms with E-state index in [1.807, 2.05) is 32.0 Å². The van der Waals surface area contributed by atoms with E-state index in [0.29, 0.717) is 5.56 Å². The molecule has 0 bridgehead atoms. The molecule has 1 unspecified atom stereocenters. The standard InChI is InChI=1S/C20H31NO3.C8H8OS.C2H6/c1-2-3-14-21(15-8-4-5-11-20(22)23)16-18-13-12-17-9-6-7-10-19(17)24-18;1-6(9)7-4-2-3-5-8(7)10;1-2/h6-7,9-10,18H,2-5,8,11-16H2,1H3,(H,22,23);2-5,10H,1H3;1-2H3. The van der Waals surface area contributed by atoms with E-state index >= 15 is 0 Å². The summed E-state index contributed by atoms with van der Waals surface area (Å²) in [5, 5.41) is 8.71. The summed E-state index contributed by atoms with van der Waals surface area (Å²) in [5.41, 5.74) is 2.01. The first-order valence-corrected chi connectivity index (χ1v) is 13.8. The highest BCUT2D eigenvalue weighted by Crippen LogP contribution is 2.27. The van der Waals surface area contributed by atoms with Crippen LogP contribution in [0.1, 0.15) is 88.6 Å². The number of hydrogen-bond donors (Lipinski definition) is 2. The Bertz CT molecular complexity index is 902. The Kier molecular flexibility index (Phi) is 16.6. The number of aryl methyl sites for hydroxylation is 1. The molecule has 0 aromatic heterocycles. The zero-order valence-corrected chi connectivity index (χ0v) is 23.4. The van der Waals surface area contributed by atoms with E-state index in [1.54, 1.807) is 12.1 Å². The lowest BCUT2D eigenvalue weighted by Gasteiger charge is -2.31. The average Bonchev–Trinajstić information content (AvgIpc) is 2.88. The van der Waals surface area contributed by atoms with Crippen LogP contribution in [0.5, 0.6) is 5.75 Å². The normalized spacial score (nSPS) is 13.9. The molecule has 36 heavy (non-hydrogen) atoms. The minimum atomic E-state index is -0.688. The van der Waals surface area contributed by atoms with Crippen LogP contribution in [0.4, 0.5) is 0 Å². The number of para-hydroxylation sites is 1. The van der Waals surface area contributed by atoms with E-state index in [1.165, 1.54) is 25.3 Å². The van der Waals surface area contributed by atoms with Gasteiger partial charge in [0.15, 0.2) is 5.78 Å². The Balaban J connectivity index is 0.000000450. The van der Waals surface area contributed by atoms with Gasteiger partial charge in [-0.05, 0) is 69.8 Å². The molecule has 3 rings (SSSR count). The molecule has 0 amide bonds. The smallest absolute Gasteiger partial charge is 0.303 e. The summed E-state index contributed by atoms with van der Waals surface area (Å²) in [6, 6.07) is 15.6. The first kappa shape index (κ1) is 31.7. The van der Waals surface area contributed by atoms with Crippen molar-refractivity contribution in [1.29, 1.82) is 0 Å². The van der Waals surface area contributed by atoms with Crippen molar-refractivity contribution in [2.75, 3.05) is 19.6 Å². The highest BCUT2D eigenvalue weighted by molar-refractivity contribution is 7.80. The molecule has 0 saturated carbocycles. The molecule has 1 aliphatic rings. The number of thiol groups is 1. The molecule has 0 radical (unpaired) electrons. The third kappa shape index (κ3) is 12.6. The number of nitrogens with zero attached hydrogens (tertiary/aromatic N) is 1. The van der Waals surface area contributed by atoms with Crippen molar-refractivity contribution in [2.45, 2.75) is 90.1 Å². The number of unbranched alkanes of at least 4 members (excludes halogenated alkanes) is 3. The lowest BCUT2D eigenvalue weighted by molar-refractivity contribution is -0.137. The van der Waals surface area contributed by atoms with Crippen LogP contribution in [0, 0.1) is 0 Å². The van der Waals surface area contributed by atoms with Crippen LogP contribution in [0.15, 0.2) is 53.4 Å². The number of ketones is 1. The van der Waals surface area contributed by atoms with Gasteiger partial charge in [-0.2, -0.15) is 0 Å². The zero-order valence-electron chi connectivity index (χ0n) is 22.5. The zero-order chi connectivity index (χ0) is 26.8. The summed E-state index contributed by atoms with van der Waals surface area (Å²) in [7, 11) is 0. The van der Waals surface area contributed by atoms with Gasteiger partial charge in [0.25, 0.3) is 0 Å². The number of carbonyl (C=O) groups is 2. The number of ether oxygens (including phenoxy) is 1. The molecule has 1 heterocycles. The van der Waals surface area contributed by atoms with Crippen LogP contribution in [0.2, 0.25) is 0 Å². The predicted octanol–water partition coefficient (Wildman–Crippen LogP) is 7.33. The Morgan fingerprint density at radius 2 is 1.67 bits per heavy atom. The molecule has 0 saturated heterocycles. The highest BCUT2D eigenvalue weighted by atomic mass is 32.1. The summed E-state index contributed by atoms with van der Waals surface area (Å²) in [4.78, 5) is 24.6. The number of hydrogen-bond acceptors (Lipinski definition) is 5. The average molecular weight is 516 g/mol. The molecular formula is C30H45NO4S. The summed E-state index contributed by atoms with van der Waals surface area (Å²) in [5.74, 6) is 0.420. The fourth-order valence-electron chi connectivity index (χ4n) is 4.03. The van der Waals surface area contributed by atoms with Crippen LogP contribution in [-0.2, 0) is 11.2 Å². The largest absolute Gasteiger partial charge is 0.489 e. The molecule has 200 valence electrons. The quantitative estimate of drug-likeness (QED) is 0.176. The number of benzene rings is 2. The molecule has 0 aliphatic carbocycles. The summed E-state index contributed by atoms with van der Waals surface area (Å²) in [6.45, 7) is 10.9. The van der Waals surface area contributed by atoms with Crippen molar-refractivity contribution < 1.29 is 19.4 Å². The van der Waals surface area contributed by atoms with E-state index in [9.17, 15) is 9.59 Å². The van der Waals surface area contributed by atoms with Crippen molar-refractivity contribution >= 4 is 24.4 Å². The van der Waals surface area contributed by atoms with Crippen LogP contribution < -0.4 is 4.74 Å². The van der Waals surface area contributed by atoms with E-state index in [-0.39, 0.29) is 18.3 Å². The number of carbonyl (C=O) groups excluding carboxylic acids is 1. The van der Waals surface area contributed by atoms with E-state index in [0.717, 1.165) is 62.4 Å². The third-order valence-corrected chi connectivity index (χ3v) is 6.33. The van der Waals surface area contributed by atoms with Crippen LogP contribution >= 0.6 is 12.6 Å². The molecule has 2 aromatic carbocycles.